The van der Waals surface area contributed by atoms with Crippen LogP contribution < -0.4 is 5.32 Å². The monoisotopic (exact) mass is 175 g/mol. The lowest BCUT2D eigenvalue weighted by Crippen LogP contribution is -2.32. The Morgan fingerprint density at radius 1 is 1.50 bits per heavy atom. The molecule has 0 aliphatic rings. The first-order valence-electron chi connectivity index (χ1n) is 3.87. The SMILES string of the molecule is CNCC(=O)OCC(C)(C)OC. The van der Waals surface area contributed by atoms with Gasteiger partial charge in [-0.15, -0.1) is 0 Å². The Kier molecular flexibility index (Phi) is 4.85. The fraction of sp³-hybridized carbons (Fsp3) is 0.875. The number of rotatable bonds is 5. The summed E-state index contributed by atoms with van der Waals surface area (Å²) in [6.45, 7) is 4.24. The van der Waals surface area contributed by atoms with Crippen LogP contribution in [-0.4, -0.2) is 38.9 Å². The van der Waals surface area contributed by atoms with E-state index in [0.717, 1.165) is 0 Å². The number of hydrogen-bond donors (Lipinski definition) is 1. The number of carbonyl (C=O) groups excluding carboxylic acids is 1. The fourth-order valence-corrected chi connectivity index (χ4v) is 0.509. The van der Waals surface area contributed by atoms with Crippen molar-refractivity contribution in [2.75, 3.05) is 27.3 Å². The van der Waals surface area contributed by atoms with Crippen LogP contribution in [-0.2, 0) is 14.3 Å². The quantitative estimate of drug-likeness (QED) is 0.605. The third kappa shape index (κ3) is 5.09. The summed E-state index contributed by atoms with van der Waals surface area (Å²) in [6, 6.07) is 0. The Balaban J connectivity index is 3.60. The zero-order valence-corrected chi connectivity index (χ0v) is 8.14. The van der Waals surface area contributed by atoms with Crippen molar-refractivity contribution >= 4 is 5.97 Å². The van der Waals surface area contributed by atoms with Crippen molar-refractivity contribution in [2.24, 2.45) is 0 Å². The summed E-state index contributed by atoms with van der Waals surface area (Å²) in [5.41, 5.74) is -0.399. The van der Waals surface area contributed by atoms with E-state index in [9.17, 15) is 4.79 Å². The van der Waals surface area contributed by atoms with Gasteiger partial charge in [0.25, 0.3) is 0 Å². The van der Waals surface area contributed by atoms with Gasteiger partial charge in [0, 0.05) is 7.11 Å². The third-order valence-electron chi connectivity index (χ3n) is 1.45. The van der Waals surface area contributed by atoms with E-state index in [1.165, 1.54) is 0 Å². The van der Waals surface area contributed by atoms with Crippen molar-refractivity contribution < 1.29 is 14.3 Å². The van der Waals surface area contributed by atoms with Crippen molar-refractivity contribution in [1.82, 2.24) is 5.32 Å². The van der Waals surface area contributed by atoms with Crippen LogP contribution in [0.5, 0.6) is 0 Å². The zero-order chi connectivity index (χ0) is 9.61. The van der Waals surface area contributed by atoms with Crippen LogP contribution in [0.2, 0.25) is 0 Å². The zero-order valence-electron chi connectivity index (χ0n) is 8.14. The maximum atomic E-state index is 10.9. The molecule has 0 amide bonds. The predicted molar refractivity (Wildman–Crippen MR) is 46.0 cm³/mol. The van der Waals surface area contributed by atoms with E-state index in [4.69, 9.17) is 9.47 Å². The summed E-state index contributed by atoms with van der Waals surface area (Å²) in [4.78, 5) is 10.9. The average molecular weight is 175 g/mol. The molecule has 0 rings (SSSR count). The van der Waals surface area contributed by atoms with E-state index in [-0.39, 0.29) is 19.1 Å². The molecule has 4 nitrogen and oxygen atoms in total. The Hall–Kier alpha value is -0.610. The highest BCUT2D eigenvalue weighted by Gasteiger charge is 2.18. The smallest absolute Gasteiger partial charge is 0.320 e. The summed E-state index contributed by atoms with van der Waals surface area (Å²) in [5.74, 6) is -0.261. The molecule has 0 radical (unpaired) electrons. The second-order valence-corrected chi connectivity index (χ2v) is 3.15. The second-order valence-electron chi connectivity index (χ2n) is 3.15. The van der Waals surface area contributed by atoms with Crippen molar-refractivity contribution in [3.63, 3.8) is 0 Å². The molecule has 0 atom stereocenters. The maximum Gasteiger partial charge on any atom is 0.320 e. The maximum absolute atomic E-state index is 10.9. The van der Waals surface area contributed by atoms with Gasteiger partial charge in [0.1, 0.15) is 6.61 Å². The van der Waals surface area contributed by atoms with Gasteiger partial charge in [-0.05, 0) is 20.9 Å². The Morgan fingerprint density at radius 3 is 2.50 bits per heavy atom. The van der Waals surface area contributed by atoms with Crippen LogP contribution in [0.25, 0.3) is 0 Å². The van der Waals surface area contributed by atoms with Crippen LogP contribution in [0.1, 0.15) is 13.8 Å². The van der Waals surface area contributed by atoms with Crippen LogP contribution in [0.15, 0.2) is 0 Å². The summed E-state index contributed by atoms with van der Waals surface area (Å²) < 4.78 is 9.98. The molecule has 0 bridgehead atoms. The minimum atomic E-state index is -0.399. The highest BCUT2D eigenvalue weighted by molar-refractivity contribution is 5.71. The molecule has 0 heterocycles. The molecule has 0 fully saturated rings. The first-order chi connectivity index (χ1) is 5.52. The molecule has 0 aromatic carbocycles. The van der Waals surface area contributed by atoms with Crippen LogP contribution >= 0.6 is 0 Å². The highest BCUT2D eigenvalue weighted by Crippen LogP contribution is 2.06. The topological polar surface area (TPSA) is 47.6 Å². The molecule has 0 aromatic rings. The highest BCUT2D eigenvalue weighted by atomic mass is 16.6. The van der Waals surface area contributed by atoms with Gasteiger partial charge >= 0.3 is 5.97 Å². The molecule has 0 spiro atoms. The van der Waals surface area contributed by atoms with E-state index in [0.29, 0.717) is 0 Å². The van der Waals surface area contributed by atoms with E-state index in [1.54, 1.807) is 14.2 Å². The van der Waals surface area contributed by atoms with Gasteiger partial charge in [-0.25, -0.2) is 0 Å². The first-order valence-corrected chi connectivity index (χ1v) is 3.87. The molecule has 4 heteroatoms. The number of likely N-dealkylation sites (N-methyl/N-ethyl adjacent to an activating group) is 1. The lowest BCUT2D eigenvalue weighted by molar-refractivity contribution is -0.150. The Morgan fingerprint density at radius 2 is 2.08 bits per heavy atom. The molecular formula is C8H17NO3. The standard InChI is InChI=1S/C8H17NO3/c1-8(2,11-4)6-12-7(10)5-9-3/h9H,5-6H2,1-4H3. The molecule has 0 unspecified atom stereocenters. The lowest BCUT2D eigenvalue weighted by Gasteiger charge is -2.21. The van der Waals surface area contributed by atoms with Crippen LogP contribution in [0, 0.1) is 0 Å². The molecule has 1 N–H and O–H groups in total. The molecule has 0 aliphatic heterocycles. The van der Waals surface area contributed by atoms with E-state index >= 15 is 0 Å². The molecular weight excluding hydrogens is 158 g/mol. The summed E-state index contributed by atoms with van der Waals surface area (Å²) >= 11 is 0. The first kappa shape index (κ1) is 11.4. The summed E-state index contributed by atoms with van der Waals surface area (Å²) in [6.07, 6.45) is 0. The Labute approximate surface area is 73.2 Å². The van der Waals surface area contributed by atoms with E-state index in [2.05, 4.69) is 5.32 Å². The molecule has 12 heavy (non-hydrogen) atoms. The van der Waals surface area contributed by atoms with Crippen LogP contribution in [0.3, 0.4) is 0 Å². The van der Waals surface area contributed by atoms with Crippen molar-refractivity contribution in [2.45, 2.75) is 19.4 Å². The van der Waals surface area contributed by atoms with Crippen molar-refractivity contribution in [3.05, 3.63) is 0 Å². The largest absolute Gasteiger partial charge is 0.462 e. The van der Waals surface area contributed by atoms with Gasteiger partial charge in [0.2, 0.25) is 0 Å². The van der Waals surface area contributed by atoms with Gasteiger partial charge in [-0.1, -0.05) is 0 Å². The number of methoxy groups -OCH3 is 1. The van der Waals surface area contributed by atoms with E-state index in [1.807, 2.05) is 13.8 Å². The predicted octanol–water partition coefficient (Wildman–Crippen LogP) is 0.174. The number of nitrogens with one attached hydrogen (secondary N) is 1. The van der Waals surface area contributed by atoms with Gasteiger partial charge in [-0.3, -0.25) is 4.79 Å². The number of hydrogen-bond acceptors (Lipinski definition) is 4. The second kappa shape index (κ2) is 5.11. The molecule has 0 aliphatic carbocycles. The number of carbonyl (C=O) groups is 1. The minimum Gasteiger partial charge on any atom is -0.462 e. The third-order valence-corrected chi connectivity index (χ3v) is 1.45. The Bertz CT molecular complexity index is 145. The molecule has 0 aromatic heterocycles. The van der Waals surface area contributed by atoms with Crippen molar-refractivity contribution in [3.8, 4) is 0 Å². The number of esters is 1. The van der Waals surface area contributed by atoms with Gasteiger partial charge < -0.3 is 14.8 Å². The fourth-order valence-electron chi connectivity index (χ4n) is 0.509. The average Bonchev–Trinajstić information content (AvgIpc) is 2.02. The molecule has 0 saturated heterocycles. The van der Waals surface area contributed by atoms with E-state index < -0.39 is 5.60 Å². The lowest BCUT2D eigenvalue weighted by atomic mass is 10.1. The number of ether oxygens (including phenoxy) is 2. The van der Waals surface area contributed by atoms with Gasteiger partial charge in [0.05, 0.1) is 12.1 Å². The summed E-state index contributed by atoms with van der Waals surface area (Å²) in [5, 5.41) is 2.71. The minimum absolute atomic E-state index is 0.236. The molecule has 0 saturated carbocycles. The van der Waals surface area contributed by atoms with Gasteiger partial charge in [0.15, 0.2) is 0 Å². The molecule has 72 valence electrons. The van der Waals surface area contributed by atoms with Crippen LogP contribution in [0.4, 0.5) is 0 Å². The van der Waals surface area contributed by atoms with Crippen molar-refractivity contribution in [1.29, 1.82) is 0 Å². The summed E-state index contributed by atoms with van der Waals surface area (Å²) in [7, 11) is 3.29. The normalized spacial score (nSPS) is 11.3. The van der Waals surface area contributed by atoms with Gasteiger partial charge in [-0.2, -0.15) is 0 Å².